The van der Waals surface area contributed by atoms with Gasteiger partial charge in [0, 0.05) is 12.8 Å². The Labute approximate surface area is 350 Å². The Kier molecular flexibility index (Phi) is 42.1. The van der Waals surface area contributed by atoms with Crippen molar-refractivity contribution in [2.24, 2.45) is 0 Å². The fourth-order valence-corrected chi connectivity index (χ4v) is 7.15. The van der Waals surface area contributed by atoms with E-state index in [1.54, 1.807) is 6.92 Å². The van der Waals surface area contributed by atoms with Gasteiger partial charge in [-0.05, 0) is 84.0 Å². The molecule has 0 saturated heterocycles. The molecule has 0 aliphatic rings. The molecule has 2 unspecified atom stereocenters. The van der Waals surface area contributed by atoms with E-state index in [0.717, 1.165) is 70.6 Å². The average molecular weight is 823 g/mol. The molecule has 0 spiro atoms. The van der Waals surface area contributed by atoms with Gasteiger partial charge < -0.3 is 14.4 Å². The van der Waals surface area contributed by atoms with E-state index in [0.29, 0.717) is 6.42 Å². The van der Waals surface area contributed by atoms with Gasteiger partial charge in [-0.3, -0.25) is 18.6 Å². The fourth-order valence-electron chi connectivity index (χ4n) is 6.40. The highest BCUT2D eigenvalue weighted by Crippen LogP contribution is 2.43. The third kappa shape index (κ3) is 43.4. The molecule has 0 aliphatic heterocycles. The number of carbonyl (C=O) groups excluding carboxylic acids is 2. The molecule has 0 radical (unpaired) electrons. The van der Waals surface area contributed by atoms with Gasteiger partial charge in [0.1, 0.15) is 6.61 Å². The average Bonchev–Trinajstić information content (AvgIpc) is 3.19. The van der Waals surface area contributed by atoms with Gasteiger partial charge in [0.15, 0.2) is 6.10 Å². The highest BCUT2D eigenvalue weighted by molar-refractivity contribution is 7.47. The standard InChI is InChI=1S/C48H87O8P/c1-4-7-9-11-13-15-17-19-21-23-25-27-29-31-33-35-37-39-41-43-48(50)56-46(45-55-57(51,52)54-6-3)44-53-47(49)42-40-38-36-34-32-30-28-26-24-22-20-18-16-14-12-10-8-5-2/h13,15,19,21-22,24-25,27,46H,4-12,14,16-18,20,23,26,28-45H2,1-3H3,(H,51,52)/b15-13-,21-19-,24-22-,27-25-. The Balaban J connectivity index is 4.07. The lowest BCUT2D eigenvalue weighted by Crippen LogP contribution is -2.29. The number of allylic oxidation sites excluding steroid dienone is 8. The topological polar surface area (TPSA) is 108 Å². The maximum Gasteiger partial charge on any atom is 0.472 e. The molecule has 0 heterocycles. The number of hydrogen-bond acceptors (Lipinski definition) is 7. The van der Waals surface area contributed by atoms with Crippen molar-refractivity contribution >= 4 is 19.8 Å². The fraction of sp³-hybridized carbons (Fsp3) is 0.792. The molecule has 332 valence electrons. The highest BCUT2D eigenvalue weighted by atomic mass is 31.2. The number of unbranched alkanes of at least 4 members (excludes halogenated alkanes) is 23. The van der Waals surface area contributed by atoms with Crippen LogP contribution in [-0.2, 0) is 32.7 Å². The Morgan fingerprint density at radius 2 is 0.842 bits per heavy atom. The Bertz CT molecular complexity index is 1070. The second-order valence-corrected chi connectivity index (χ2v) is 16.9. The van der Waals surface area contributed by atoms with Crippen molar-refractivity contribution in [3.05, 3.63) is 48.6 Å². The van der Waals surface area contributed by atoms with E-state index in [2.05, 4.69) is 62.5 Å². The van der Waals surface area contributed by atoms with Crippen LogP contribution in [-0.4, -0.2) is 42.8 Å². The lowest BCUT2D eigenvalue weighted by molar-refractivity contribution is -0.161. The minimum absolute atomic E-state index is 0.00413. The molecule has 0 fully saturated rings. The third-order valence-electron chi connectivity index (χ3n) is 9.86. The first-order chi connectivity index (χ1) is 27.8. The smallest absolute Gasteiger partial charge is 0.462 e. The maximum atomic E-state index is 12.6. The second kappa shape index (κ2) is 43.6. The van der Waals surface area contributed by atoms with Crippen molar-refractivity contribution in [2.45, 2.75) is 226 Å². The molecule has 0 aliphatic carbocycles. The molecule has 0 bridgehead atoms. The zero-order valence-corrected chi connectivity index (χ0v) is 37.9. The van der Waals surface area contributed by atoms with Crippen LogP contribution in [0.4, 0.5) is 0 Å². The number of phosphoric ester groups is 1. The van der Waals surface area contributed by atoms with E-state index >= 15 is 0 Å². The normalized spacial score (nSPS) is 13.7. The summed E-state index contributed by atoms with van der Waals surface area (Å²) in [6, 6.07) is 0. The van der Waals surface area contributed by atoms with Crippen molar-refractivity contribution in [1.29, 1.82) is 0 Å². The van der Waals surface area contributed by atoms with Crippen LogP contribution in [0.5, 0.6) is 0 Å². The molecule has 0 amide bonds. The van der Waals surface area contributed by atoms with Crippen LogP contribution in [0.15, 0.2) is 48.6 Å². The summed E-state index contributed by atoms with van der Waals surface area (Å²) in [5.74, 6) is -0.814. The largest absolute Gasteiger partial charge is 0.472 e. The van der Waals surface area contributed by atoms with Crippen LogP contribution < -0.4 is 0 Å². The third-order valence-corrected chi connectivity index (χ3v) is 10.9. The quantitative estimate of drug-likeness (QED) is 0.0280. The highest BCUT2D eigenvalue weighted by Gasteiger charge is 2.25. The first-order valence-electron chi connectivity index (χ1n) is 23.4. The number of carbonyl (C=O) groups is 2. The predicted molar refractivity (Wildman–Crippen MR) is 239 cm³/mol. The van der Waals surface area contributed by atoms with Crippen LogP contribution in [0.3, 0.4) is 0 Å². The number of hydrogen-bond donors (Lipinski definition) is 1. The first-order valence-corrected chi connectivity index (χ1v) is 24.9. The minimum atomic E-state index is -4.29. The van der Waals surface area contributed by atoms with E-state index in [1.807, 2.05) is 0 Å². The Morgan fingerprint density at radius 3 is 1.32 bits per heavy atom. The molecular formula is C48H87O8P. The van der Waals surface area contributed by atoms with Crippen LogP contribution in [0.25, 0.3) is 0 Å². The second-order valence-electron chi connectivity index (χ2n) is 15.4. The van der Waals surface area contributed by atoms with Crippen molar-refractivity contribution in [3.8, 4) is 0 Å². The lowest BCUT2D eigenvalue weighted by atomic mass is 10.1. The zero-order valence-electron chi connectivity index (χ0n) is 37.0. The Morgan fingerprint density at radius 1 is 0.474 bits per heavy atom. The van der Waals surface area contributed by atoms with Crippen molar-refractivity contribution in [2.75, 3.05) is 19.8 Å². The SMILES string of the molecule is CCCCC/C=C\C/C=C\C/C=C\CCCCCCCCC(=O)OC(COC(=O)CCCCCCCCC/C=C\CCCCCCCCC)COP(=O)(O)OCC. The maximum absolute atomic E-state index is 12.6. The summed E-state index contributed by atoms with van der Waals surface area (Å²) in [6.45, 7) is 5.44. The van der Waals surface area contributed by atoms with Crippen LogP contribution in [0, 0.1) is 0 Å². The van der Waals surface area contributed by atoms with Gasteiger partial charge in [-0.2, -0.15) is 0 Å². The monoisotopic (exact) mass is 823 g/mol. The van der Waals surface area contributed by atoms with E-state index < -0.39 is 26.5 Å². The van der Waals surface area contributed by atoms with E-state index in [1.165, 1.54) is 109 Å². The summed E-state index contributed by atoms with van der Waals surface area (Å²) in [7, 11) is -4.29. The number of phosphoric acid groups is 1. The molecule has 0 aromatic rings. The van der Waals surface area contributed by atoms with Gasteiger partial charge in [0.25, 0.3) is 0 Å². The summed E-state index contributed by atoms with van der Waals surface area (Å²) in [4.78, 5) is 34.8. The molecular weight excluding hydrogens is 735 g/mol. The molecule has 0 aromatic heterocycles. The molecule has 1 N–H and O–H groups in total. The summed E-state index contributed by atoms with van der Waals surface area (Å²) >= 11 is 0. The summed E-state index contributed by atoms with van der Waals surface area (Å²) in [5.41, 5.74) is 0. The summed E-state index contributed by atoms with van der Waals surface area (Å²) in [5, 5.41) is 0. The van der Waals surface area contributed by atoms with Crippen molar-refractivity contribution in [1.82, 2.24) is 0 Å². The van der Waals surface area contributed by atoms with Gasteiger partial charge in [-0.1, -0.05) is 172 Å². The van der Waals surface area contributed by atoms with E-state index in [-0.39, 0.29) is 32.0 Å². The van der Waals surface area contributed by atoms with Gasteiger partial charge in [0.2, 0.25) is 0 Å². The van der Waals surface area contributed by atoms with Crippen LogP contribution in [0.2, 0.25) is 0 Å². The van der Waals surface area contributed by atoms with Gasteiger partial charge >= 0.3 is 19.8 Å². The molecule has 0 saturated carbocycles. The first kappa shape index (κ1) is 55.0. The number of esters is 2. The molecule has 8 nitrogen and oxygen atoms in total. The zero-order chi connectivity index (χ0) is 41.8. The number of ether oxygens (including phenoxy) is 2. The van der Waals surface area contributed by atoms with Crippen molar-refractivity contribution in [3.63, 3.8) is 0 Å². The van der Waals surface area contributed by atoms with Gasteiger partial charge in [-0.25, -0.2) is 4.57 Å². The van der Waals surface area contributed by atoms with Gasteiger partial charge in [-0.15, -0.1) is 0 Å². The van der Waals surface area contributed by atoms with Crippen LogP contribution in [0.1, 0.15) is 220 Å². The molecule has 0 rings (SSSR count). The van der Waals surface area contributed by atoms with Gasteiger partial charge in [0.05, 0.1) is 13.2 Å². The van der Waals surface area contributed by atoms with Crippen molar-refractivity contribution < 1.29 is 37.6 Å². The summed E-state index contributed by atoms with van der Waals surface area (Å²) in [6.07, 6.45) is 51.6. The van der Waals surface area contributed by atoms with E-state index in [4.69, 9.17) is 18.5 Å². The molecule has 9 heteroatoms. The summed E-state index contributed by atoms with van der Waals surface area (Å²) < 4.78 is 32.7. The molecule has 0 aromatic carbocycles. The minimum Gasteiger partial charge on any atom is -0.462 e. The van der Waals surface area contributed by atoms with Crippen LogP contribution >= 0.6 is 7.82 Å². The molecule has 2 atom stereocenters. The molecule has 57 heavy (non-hydrogen) atoms. The predicted octanol–water partition coefficient (Wildman–Crippen LogP) is 15.0. The number of rotatable bonds is 43. The Hall–Kier alpha value is -1.99. The lowest BCUT2D eigenvalue weighted by Gasteiger charge is -2.19. The van der Waals surface area contributed by atoms with E-state index in [9.17, 15) is 19.0 Å².